The van der Waals surface area contributed by atoms with Gasteiger partial charge in [-0.2, -0.15) is 5.11 Å². The Morgan fingerprint density at radius 3 is 2.60 bits per heavy atom. The second-order valence-electron chi connectivity index (χ2n) is 1.76. The molecule has 0 spiro atoms. The van der Waals surface area contributed by atoms with E-state index in [-0.39, 0.29) is 6.42 Å². The largest absolute Gasteiger partial charge is 0.614 e. The number of hydrogen-bond acceptors (Lipinski definition) is 2. The number of aliphatic carboxylic acids is 1. The number of rotatable bonds is 4. The molecule has 1 N–H and O–H groups in total. The molecule has 0 amide bonds. The fraction of sp³-hybridized carbons (Fsp3) is 0.800. The molecule has 0 aromatic heterocycles. The first kappa shape index (κ1) is 9.74. The van der Waals surface area contributed by atoms with Crippen LogP contribution in [0.3, 0.4) is 0 Å². The van der Waals surface area contributed by atoms with Crippen molar-refractivity contribution >= 4 is 17.1 Å². The van der Waals surface area contributed by atoms with Crippen LogP contribution in [-0.4, -0.2) is 26.8 Å². The predicted molar refractivity (Wildman–Crippen MR) is 35.4 cm³/mol. The fourth-order valence-corrected chi connectivity index (χ4v) is 1.20. The molecule has 0 heterocycles. The van der Waals surface area contributed by atoms with E-state index in [9.17, 15) is 14.5 Å². The van der Waals surface area contributed by atoms with Crippen LogP contribution in [0, 0.1) is 0 Å². The SMILES string of the molecule is CCC([O])[S+]([O-])CC(=O)O. The highest BCUT2D eigenvalue weighted by Gasteiger charge is 2.21. The average Bonchev–Trinajstić information content (AvgIpc) is 1.85. The summed E-state index contributed by atoms with van der Waals surface area (Å²) >= 11 is -1.75. The Morgan fingerprint density at radius 1 is 1.80 bits per heavy atom. The van der Waals surface area contributed by atoms with Crippen molar-refractivity contribution < 1.29 is 19.6 Å². The summed E-state index contributed by atoms with van der Waals surface area (Å²) in [5, 5.41) is 18.7. The summed E-state index contributed by atoms with van der Waals surface area (Å²) in [6.07, 6.45) is 0.208. The molecule has 0 aromatic carbocycles. The summed E-state index contributed by atoms with van der Waals surface area (Å²) in [6.45, 7) is 1.58. The van der Waals surface area contributed by atoms with Crippen LogP contribution in [-0.2, 0) is 21.1 Å². The second-order valence-corrected chi connectivity index (χ2v) is 3.33. The van der Waals surface area contributed by atoms with E-state index in [1.165, 1.54) is 0 Å². The molecule has 59 valence electrons. The minimum atomic E-state index is -1.75. The first-order chi connectivity index (χ1) is 4.57. The maximum Gasteiger partial charge on any atom is 0.353 e. The highest BCUT2D eigenvalue weighted by Crippen LogP contribution is 2.03. The smallest absolute Gasteiger partial charge is 0.353 e. The molecule has 5 heteroatoms. The molecule has 0 bridgehead atoms. The molecular weight excluding hydrogens is 156 g/mol. The molecule has 10 heavy (non-hydrogen) atoms. The van der Waals surface area contributed by atoms with Gasteiger partial charge >= 0.3 is 5.97 Å². The van der Waals surface area contributed by atoms with E-state index < -0.39 is 28.3 Å². The molecule has 0 saturated heterocycles. The Labute approximate surface area is 62.0 Å². The minimum absolute atomic E-state index is 0.208. The normalized spacial score (nSPS) is 16.3. The summed E-state index contributed by atoms with van der Waals surface area (Å²) in [4.78, 5) is 9.90. The van der Waals surface area contributed by atoms with Crippen molar-refractivity contribution in [2.75, 3.05) is 5.75 Å². The van der Waals surface area contributed by atoms with E-state index in [1.807, 2.05) is 0 Å². The van der Waals surface area contributed by atoms with Crippen molar-refractivity contribution in [3.8, 4) is 0 Å². The summed E-state index contributed by atoms with van der Waals surface area (Å²) in [7, 11) is 0. The zero-order valence-corrected chi connectivity index (χ0v) is 6.39. The van der Waals surface area contributed by atoms with Crippen LogP contribution < -0.4 is 0 Å². The molecule has 0 fully saturated rings. The Kier molecular flexibility index (Phi) is 4.42. The van der Waals surface area contributed by atoms with E-state index in [1.54, 1.807) is 6.92 Å². The Bertz CT molecular complexity index is 116. The van der Waals surface area contributed by atoms with Gasteiger partial charge in [0, 0.05) is 6.42 Å². The van der Waals surface area contributed by atoms with E-state index >= 15 is 0 Å². The Balaban J connectivity index is 3.61. The van der Waals surface area contributed by atoms with Gasteiger partial charge in [-0.1, -0.05) is 6.92 Å². The monoisotopic (exact) mass is 165 g/mol. The third-order valence-corrected chi connectivity index (χ3v) is 2.34. The van der Waals surface area contributed by atoms with Gasteiger partial charge in [0.15, 0.2) is 0 Å². The van der Waals surface area contributed by atoms with Crippen LogP contribution in [0.4, 0.5) is 0 Å². The van der Waals surface area contributed by atoms with Crippen LogP contribution in [0.25, 0.3) is 0 Å². The maximum absolute atomic E-state index is 10.6. The van der Waals surface area contributed by atoms with Gasteiger partial charge < -0.3 is 9.66 Å². The third-order valence-electron chi connectivity index (χ3n) is 0.892. The van der Waals surface area contributed by atoms with Crippen molar-refractivity contribution in [2.45, 2.75) is 18.8 Å². The van der Waals surface area contributed by atoms with E-state index in [4.69, 9.17) is 5.11 Å². The van der Waals surface area contributed by atoms with Crippen LogP contribution in [0.5, 0.6) is 0 Å². The molecule has 0 rings (SSSR count). The topological polar surface area (TPSA) is 80.3 Å². The maximum atomic E-state index is 10.6. The molecule has 0 aromatic rings. The number of carboxylic acids is 1. The number of carboxylic acid groups (broad SMARTS) is 1. The molecule has 2 unspecified atom stereocenters. The van der Waals surface area contributed by atoms with Crippen LogP contribution in [0.15, 0.2) is 0 Å². The van der Waals surface area contributed by atoms with Crippen LogP contribution >= 0.6 is 0 Å². The van der Waals surface area contributed by atoms with Gasteiger partial charge in [0.2, 0.25) is 11.2 Å². The molecular formula is C5H9O4S. The van der Waals surface area contributed by atoms with Crippen molar-refractivity contribution in [1.29, 1.82) is 0 Å². The molecule has 0 aliphatic carbocycles. The highest BCUT2D eigenvalue weighted by atomic mass is 32.2. The zero-order valence-electron chi connectivity index (χ0n) is 5.57. The van der Waals surface area contributed by atoms with Crippen LogP contribution in [0.2, 0.25) is 0 Å². The Morgan fingerprint density at radius 2 is 2.30 bits per heavy atom. The number of carbonyl (C=O) groups is 1. The van der Waals surface area contributed by atoms with Gasteiger partial charge in [0.25, 0.3) is 0 Å². The molecule has 4 nitrogen and oxygen atoms in total. The summed E-state index contributed by atoms with van der Waals surface area (Å²) in [5.41, 5.74) is -1.25. The standard InChI is InChI=1S/C5H9O4S/c1-2-5(8)10(9)3-4(6)7/h5H,2-3H2,1H3,(H,6,7). The van der Waals surface area contributed by atoms with E-state index in [0.717, 1.165) is 0 Å². The lowest BCUT2D eigenvalue weighted by atomic mass is 10.5. The molecule has 2 atom stereocenters. The van der Waals surface area contributed by atoms with Gasteiger partial charge in [-0.3, -0.25) is 0 Å². The van der Waals surface area contributed by atoms with Gasteiger partial charge in [0.05, 0.1) is 0 Å². The van der Waals surface area contributed by atoms with Crippen molar-refractivity contribution in [3.05, 3.63) is 0 Å². The molecule has 0 aliphatic heterocycles. The lowest BCUT2D eigenvalue weighted by molar-refractivity contribution is -0.134. The summed E-state index contributed by atoms with van der Waals surface area (Å²) in [6, 6.07) is 0. The van der Waals surface area contributed by atoms with Gasteiger partial charge in [-0.25, -0.2) is 4.79 Å². The third kappa shape index (κ3) is 3.71. The highest BCUT2D eigenvalue weighted by molar-refractivity contribution is 7.92. The van der Waals surface area contributed by atoms with Crippen LogP contribution in [0.1, 0.15) is 13.3 Å². The van der Waals surface area contributed by atoms with Gasteiger partial charge in [-0.05, 0) is 11.2 Å². The minimum Gasteiger partial charge on any atom is -0.614 e. The first-order valence-corrected chi connectivity index (χ1v) is 4.21. The summed E-state index contributed by atoms with van der Waals surface area (Å²) < 4.78 is 10.6. The first-order valence-electron chi connectivity index (χ1n) is 2.82. The zero-order chi connectivity index (χ0) is 8.15. The summed E-state index contributed by atoms with van der Waals surface area (Å²) in [5.74, 6) is -1.73. The van der Waals surface area contributed by atoms with Crippen molar-refractivity contribution in [2.24, 2.45) is 0 Å². The molecule has 0 saturated carbocycles. The lowest BCUT2D eigenvalue weighted by Crippen LogP contribution is -2.25. The second kappa shape index (κ2) is 4.54. The van der Waals surface area contributed by atoms with Gasteiger partial charge in [-0.15, -0.1) is 0 Å². The quantitative estimate of drug-likeness (QED) is 0.595. The van der Waals surface area contributed by atoms with E-state index in [0.29, 0.717) is 0 Å². The fourth-order valence-electron chi connectivity index (χ4n) is 0.401. The number of hydrogen-bond donors (Lipinski definition) is 1. The molecule has 1 radical (unpaired) electrons. The average molecular weight is 165 g/mol. The van der Waals surface area contributed by atoms with Gasteiger partial charge in [0.1, 0.15) is 0 Å². The van der Waals surface area contributed by atoms with Crippen molar-refractivity contribution in [1.82, 2.24) is 0 Å². The predicted octanol–water partition coefficient (Wildman–Crippen LogP) is -0.0137. The van der Waals surface area contributed by atoms with E-state index in [2.05, 4.69) is 0 Å². The Hall–Kier alpha value is -0.260. The van der Waals surface area contributed by atoms with Crippen molar-refractivity contribution in [3.63, 3.8) is 0 Å². The molecule has 0 aliphatic rings. The lowest BCUT2D eigenvalue weighted by Gasteiger charge is -2.10.